The van der Waals surface area contributed by atoms with Gasteiger partial charge in [0.2, 0.25) is 5.91 Å². The van der Waals surface area contributed by atoms with Gasteiger partial charge >= 0.3 is 0 Å². The van der Waals surface area contributed by atoms with Crippen LogP contribution in [0.1, 0.15) is 60.9 Å². The number of carbonyl (C=O) groups is 1. The summed E-state index contributed by atoms with van der Waals surface area (Å²) < 4.78 is 1.72. The summed E-state index contributed by atoms with van der Waals surface area (Å²) in [7, 11) is 0. The Morgan fingerprint density at radius 2 is 1.71 bits per heavy atom. The second-order valence-corrected chi connectivity index (χ2v) is 8.46. The number of fused-ring (bicyclic) bond motifs is 1. The van der Waals surface area contributed by atoms with E-state index in [0.717, 1.165) is 42.1 Å². The van der Waals surface area contributed by atoms with E-state index in [0.29, 0.717) is 18.1 Å². The van der Waals surface area contributed by atoms with Gasteiger partial charge in [0.05, 0.1) is 5.69 Å². The molecule has 2 aromatic heterocycles. The number of carbonyl (C=O) groups excluding carboxylic acids is 1. The third-order valence-corrected chi connectivity index (χ3v) is 6.43. The van der Waals surface area contributed by atoms with Crippen molar-refractivity contribution in [1.29, 1.82) is 0 Å². The molecule has 1 atom stereocenters. The molecule has 0 unspecified atom stereocenters. The molecule has 7 nitrogen and oxygen atoms in total. The quantitative estimate of drug-likeness (QED) is 0.696. The van der Waals surface area contributed by atoms with Crippen LogP contribution < -0.4 is 10.2 Å². The van der Waals surface area contributed by atoms with Gasteiger partial charge in [-0.3, -0.25) is 4.79 Å². The normalized spacial score (nSPS) is 18.6. The summed E-state index contributed by atoms with van der Waals surface area (Å²) in [5, 5.41) is 16.7. The second-order valence-electron chi connectivity index (χ2n) is 8.46. The minimum absolute atomic E-state index is 0.00360. The molecule has 0 bridgehead atoms. The van der Waals surface area contributed by atoms with Crippen LogP contribution in [0.15, 0.2) is 36.4 Å². The highest BCUT2D eigenvalue weighted by atomic mass is 16.1. The standard InChI is InChI=1S/C24H28N6O/c1-3-17-7-9-18(10-8-17)19-15-22(31)25-24-23(19)16(2)28-30(24)21-12-11-20(26-27-21)29-13-5-4-6-14-29/h7-12,19H,3-6,13-15H2,1-2H3,(H,25,31)/t19-/m1/s1. The molecule has 0 saturated carbocycles. The van der Waals surface area contributed by atoms with Crippen molar-refractivity contribution in [2.24, 2.45) is 0 Å². The highest BCUT2D eigenvalue weighted by molar-refractivity contribution is 5.95. The molecule has 31 heavy (non-hydrogen) atoms. The molecule has 1 amide bonds. The summed E-state index contributed by atoms with van der Waals surface area (Å²) in [5.41, 5.74) is 4.40. The average molecular weight is 417 g/mol. The molecule has 1 N–H and O–H groups in total. The predicted molar refractivity (Wildman–Crippen MR) is 121 cm³/mol. The number of amides is 1. The van der Waals surface area contributed by atoms with Gasteiger partial charge in [-0.05, 0) is 55.9 Å². The number of rotatable bonds is 4. The minimum Gasteiger partial charge on any atom is -0.355 e. The first-order valence-electron chi connectivity index (χ1n) is 11.2. The second kappa shape index (κ2) is 8.13. The molecule has 3 aromatic rings. The van der Waals surface area contributed by atoms with Gasteiger partial charge < -0.3 is 10.2 Å². The van der Waals surface area contributed by atoms with E-state index in [2.05, 4.69) is 51.6 Å². The first-order chi connectivity index (χ1) is 15.1. The molecule has 2 aliphatic heterocycles. The lowest BCUT2D eigenvalue weighted by molar-refractivity contribution is -0.116. The highest BCUT2D eigenvalue weighted by Gasteiger charge is 2.33. The summed E-state index contributed by atoms with van der Waals surface area (Å²) in [4.78, 5) is 14.9. The van der Waals surface area contributed by atoms with Gasteiger partial charge in [0.25, 0.3) is 0 Å². The zero-order chi connectivity index (χ0) is 21.4. The molecule has 1 fully saturated rings. The van der Waals surface area contributed by atoms with Gasteiger partial charge in [0, 0.05) is 31.0 Å². The Morgan fingerprint density at radius 3 is 2.39 bits per heavy atom. The van der Waals surface area contributed by atoms with Crippen molar-refractivity contribution in [2.45, 2.75) is 51.9 Å². The van der Waals surface area contributed by atoms with Crippen LogP contribution in [0.3, 0.4) is 0 Å². The van der Waals surface area contributed by atoms with Gasteiger partial charge in [-0.1, -0.05) is 31.2 Å². The molecule has 0 radical (unpaired) electrons. The number of piperidine rings is 1. The van der Waals surface area contributed by atoms with E-state index in [1.54, 1.807) is 4.68 Å². The Morgan fingerprint density at radius 1 is 1.00 bits per heavy atom. The summed E-state index contributed by atoms with van der Waals surface area (Å²) in [6.45, 7) is 6.19. The van der Waals surface area contributed by atoms with E-state index in [9.17, 15) is 4.79 Å². The molecule has 4 heterocycles. The van der Waals surface area contributed by atoms with Crippen molar-refractivity contribution in [1.82, 2.24) is 20.0 Å². The molecular formula is C24H28N6O. The van der Waals surface area contributed by atoms with Gasteiger partial charge in [0.1, 0.15) is 5.82 Å². The number of nitrogens with one attached hydrogen (secondary N) is 1. The molecule has 1 saturated heterocycles. The Kier molecular flexibility index (Phi) is 5.18. The molecule has 7 heteroatoms. The van der Waals surface area contributed by atoms with Crippen molar-refractivity contribution in [3.05, 3.63) is 58.8 Å². The maximum Gasteiger partial charge on any atom is 0.226 e. The fourth-order valence-electron chi connectivity index (χ4n) is 4.71. The number of aryl methyl sites for hydroxylation is 2. The number of aromatic nitrogens is 4. The number of benzene rings is 1. The lowest BCUT2D eigenvalue weighted by Gasteiger charge is -2.27. The summed E-state index contributed by atoms with van der Waals surface area (Å²) in [6.07, 6.45) is 5.09. The molecule has 5 rings (SSSR count). The fourth-order valence-corrected chi connectivity index (χ4v) is 4.71. The third-order valence-electron chi connectivity index (χ3n) is 6.43. The summed E-state index contributed by atoms with van der Waals surface area (Å²) in [6, 6.07) is 12.5. The third kappa shape index (κ3) is 3.69. The molecule has 0 spiro atoms. The van der Waals surface area contributed by atoms with Crippen LogP contribution in [0.25, 0.3) is 5.82 Å². The molecule has 160 valence electrons. The Bertz CT molecular complexity index is 1080. The average Bonchev–Trinajstić information content (AvgIpc) is 3.15. The van der Waals surface area contributed by atoms with Crippen molar-refractivity contribution >= 4 is 17.5 Å². The van der Waals surface area contributed by atoms with E-state index < -0.39 is 0 Å². The monoisotopic (exact) mass is 416 g/mol. The molecule has 2 aliphatic rings. The molecular weight excluding hydrogens is 388 g/mol. The molecule has 0 aliphatic carbocycles. The fraction of sp³-hybridized carbons (Fsp3) is 0.417. The number of nitrogens with zero attached hydrogens (tertiary/aromatic N) is 5. The topological polar surface area (TPSA) is 75.9 Å². The van der Waals surface area contributed by atoms with E-state index in [4.69, 9.17) is 5.10 Å². The first-order valence-corrected chi connectivity index (χ1v) is 11.2. The van der Waals surface area contributed by atoms with Gasteiger partial charge in [-0.15, -0.1) is 10.2 Å². The van der Waals surface area contributed by atoms with Crippen LogP contribution in [0.5, 0.6) is 0 Å². The Labute approximate surface area is 182 Å². The zero-order valence-corrected chi connectivity index (χ0v) is 18.1. The lowest BCUT2D eigenvalue weighted by atomic mass is 9.85. The molecule has 1 aromatic carbocycles. The number of hydrogen-bond donors (Lipinski definition) is 1. The SMILES string of the molecule is CCc1ccc([C@H]2CC(=O)Nc3c2c(C)nn3-c2ccc(N3CCCCC3)nn2)cc1. The predicted octanol–water partition coefficient (Wildman–Crippen LogP) is 4.00. The largest absolute Gasteiger partial charge is 0.355 e. The van der Waals surface area contributed by atoms with Crippen LogP contribution >= 0.6 is 0 Å². The summed E-state index contributed by atoms with van der Waals surface area (Å²) in [5.74, 6) is 2.21. The Hall–Kier alpha value is -3.22. The van der Waals surface area contributed by atoms with Crippen molar-refractivity contribution in [3.8, 4) is 5.82 Å². The zero-order valence-electron chi connectivity index (χ0n) is 18.1. The van der Waals surface area contributed by atoms with Crippen LogP contribution in [-0.2, 0) is 11.2 Å². The van der Waals surface area contributed by atoms with Gasteiger partial charge in [-0.2, -0.15) is 9.78 Å². The number of anilines is 2. The Balaban J connectivity index is 1.50. The van der Waals surface area contributed by atoms with Crippen LogP contribution in [-0.4, -0.2) is 39.0 Å². The van der Waals surface area contributed by atoms with Gasteiger partial charge in [0.15, 0.2) is 11.6 Å². The van der Waals surface area contributed by atoms with Crippen LogP contribution in [0, 0.1) is 6.92 Å². The van der Waals surface area contributed by atoms with Crippen LogP contribution in [0.2, 0.25) is 0 Å². The maximum absolute atomic E-state index is 12.6. The van der Waals surface area contributed by atoms with Crippen molar-refractivity contribution < 1.29 is 4.79 Å². The smallest absolute Gasteiger partial charge is 0.226 e. The van der Waals surface area contributed by atoms with E-state index in [1.807, 2.05) is 19.1 Å². The number of hydrogen-bond acceptors (Lipinski definition) is 5. The van der Waals surface area contributed by atoms with E-state index >= 15 is 0 Å². The van der Waals surface area contributed by atoms with Crippen LogP contribution in [0.4, 0.5) is 11.6 Å². The van der Waals surface area contributed by atoms with Gasteiger partial charge in [-0.25, -0.2) is 0 Å². The summed E-state index contributed by atoms with van der Waals surface area (Å²) >= 11 is 0. The minimum atomic E-state index is -0.0102. The van der Waals surface area contributed by atoms with E-state index in [-0.39, 0.29) is 11.8 Å². The van der Waals surface area contributed by atoms with Crippen molar-refractivity contribution in [3.63, 3.8) is 0 Å². The van der Waals surface area contributed by atoms with E-state index in [1.165, 1.54) is 24.8 Å². The highest BCUT2D eigenvalue weighted by Crippen LogP contribution is 2.40. The lowest BCUT2D eigenvalue weighted by Crippen LogP contribution is -2.30. The van der Waals surface area contributed by atoms with Crippen molar-refractivity contribution in [2.75, 3.05) is 23.3 Å². The maximum atomic E-state index is 12.6. The first kappa shape index (κ1) is 19.7.